The van der Waals surface area contributed by atoms with Gasteiger partial charge in [-0.3, -0.25) is 0 Å². The molecule has 0 amide bonds. The Morgan fingerprint density at radius 1 is 0.556 bits per heavy atom. The van der Waals surface area contributed by atoms with Crippen molar-refractivity contribution in [2.45, 2.75) is 0 Å². The number of rotatable bonds is 0. The molecule has 0 nitrogen and oxygen atoms in total. The molecule has 0 aliphatic heterocycles. The third-order valence-electron chi connectivity index (χ3n) is 0. The summed E-state index contributed by atoms with van der Waals surface area (Å²) in [6.45, 7) is 0. The summed E-state index contributed by atoms with van der Waals surface area (Å²) in [5, 5.41) is 0. The summed E-state index contributed by atoms with van der Waals surface area (Å²) < 4.78 is 0. The third-order valence-corrected chi connectivity index (χ3v) is 0. The van der Waals surface area contributed by atoms with E-state index in [2.05, 4.69) is 0 Å². The molecule has 0 aromatic carbocycles. The van der Waals surface area contributed by atoms with Crippen LogP contribution in [0.15, 0.2) is 0 Å². The fourth-order valence-electron chi connectivity index (χ4n) is 0. The van der Waals surface area contributed by atoms with E-state index >= 15 is 0 Å². The summed E-state index contributed by atoms with van der Waals surface area (Å²) in [7, 11) is 0. The van der Waals surface area contributed by atoms with Gasteiger partial charge in [0.15, 0.2) is 0 Å². The Hall–Kier alpha value is 4.35. The second kappa shape index (κ2) is 84.1. The van der Waals surface area contributed by atoms with E-state index in [1.807, 2.05) is 0 Å². The molecule has 44 valence electrons. The molecule has 0 N–H and O–H groups in total. The maximum atomic E-state index is 0. The van der Waals surface area contributed by atoms with Crippen molar-refractivity contribution in [3.8, 4) is 0 Å². The zero-order chi connectivity index (χ0) is 0. The van der Waals surface area contributed by atoms with Gasteiger partial charge in [0.05, 0.1) is 0 Å². The standard InChI is InChI=1S/2Al.2Fe.2Li.3S.2H/q;;2*+3;2*+1;3*-2;2*-1. The Morgan fingerprint density at radius 3 is 0.556 bits per heavy atom. The minimum absolute atomic E-state index is 0. The van der Waals surface area contributed by atoms with Gasteiger partial charge in [-0.05, 0) is 0 Å². The quantitative estimate of drug-likeness (QED) is 0.387. The minimum atomic E-state index is 0. The van der Waals surface area contributed by atoms with Crippen LogP contribution >= 0.6 is 0 Å². The third kappa shape index (κ3) is 69.9. The largest absolute Gasteiger partial charge is 3.00 e. The molecule has 0 saturated heterocycles. The van der Waals surface area contributed by atoms with Crippen molar-refractivity contribution in [1.29, 1.82) is 0 Å². The average Bonchev–Trinajstić information content (AvgIpc) is 0. The summed E-state index contributed by atoms with van der Waals surface area (Å²) in [5.41, 5.74) is 0. The molecule has 0 unspecified atom stereocenters. The van der Waals surface area contributed by atoms with Gasteiger partial charge in [-0.1, -0.05) is 0 Å². The summed E-state index contributed by atoms with van der Waals surface area (Å²) in [5.74, 6) is 0. The summed E-state index contributed by atoms with van der Waals surface area (Å²) in [6, 6.07) is 0. The first-order valence-electron chi connectivity index (χ1n) is 0. The van der Waals surface area contributed by atoms with Crippen molar-refractivity contribution in [3.05, 3.63) is 0 Å². The van der Waals surface area contributed by atoms with Gasteiger partial charge < -0.3 is 43.3 Å². The van der Waals surface area contributed by atoms with Gasteiger partial charge in [-0.25, -0.2) is 0 Å². The second-order valence-corrected chi connectivity index (χ2v) is 0. The maximum absolute atomic E-state index is 0. The van der Waals surface area contributed by atoms with Crippen molar-refractivity contribution >= 4 is 75.2 Å². The van der Waals surface area contributed by atoms with Crippen molar-refractivity contribution < 1.29 is 74.7 Å². The molecular weight excluding hydrogens is 276 g/mol. The predicted octanol–water partition coefficient (Wildman–Crippen LogP) is -6.54. The fraction of sp³-hybridized carbons (Fsp3) is 0. The van der Waals surface area contributed by atoms with Crippen LogP contribution in [0.5, 0.6) is 0 Å². The van der Waals surface area contributed by atoms with Gasteiger partial charge in [-0.2, -0.15) is 0 Å². The average molecular weight is 278 g/mol. The van der Waals surface area contributed by atoms with Gasteiger partial charge in [0.25, 0.3) is 0 Å². The minimum Gasteiger partial charge on any atom is -2.00 e. The van der Waals surface area contributed by atoms with Crippen LogP contribution in [-0.2, 0) is 74.6 Å². The molecule has 8 radical (unpaired) electrons. The number of hydrogen-bond acceptors (Lipinski definition) is 0. The Bertz CT molecular complexity index is 25.3. The molecule has 0 aromatic rings. The molecule has 0 aliphatic carbocycles. The van der Waals surface area contributed by atoms with Crippen LogP contribution in [0.3, 0.4) is 0 Å². The van der Waals surface area contributed by atoms with Gasteiger partial charge >= 0.3 is 71.9 Å². The fourth-order valence-corrected chi connectivity index (χ4v) is 0. The van der Waals surface area contributed by atoms with E-state index in [0.717, 1.165) is 0 Å². The monoisotopic (exact) mass is 278 g/mol. The molecule has 9 heavy (non-hydrogen) atoms. The molecule has 0 saturated carbocycles. The molecule has 9 heteroatoms. The Kier molecular flexibility index (Phi) is 1010. The first kappa shape index (κ1) is 108. The Labute approximate surface area is 147 Å². The van der Waals surface area contributed by atoms with E-state index < -0.39 is 0 Å². The van der Waals surface area contributed by atoms with Crippen LogP contribution in [0.2, 0.25) is 0 Å². The summed E-state index contributed by atoms with van der Waals surface area (Å²) >= 11 is 0. The number of hydrogen-bond donors (Lipinski definition) is 0. The van der Waals surface area contributed by atoms with Crippen LogP contribution in [0.4, 0.5) is 0 Å². The molecule has 0 heterocycles. The Balaban J connectivity index is 0. The van der Waals surface area contributed by atoms with E-state index in [0.29, 0.717) is 0 Å². The molecular formula is H2Al2Fe2Li2S3. The SMILES string of the molecule is [Al].[Al].[Fe+3].[Fe+3].[H-].[H-].[Li+].[Li+].[S-2].[S-2].[S-2]. The van der Waals surface area contributed by atoms with Crippen molar-refractivity contribution in [3.63, 3.8) is 0 Å². The predicted molar refractivity (Wildman–Crippen MR) is 35.8 cm³/mol. The van der Waals surface area contributed by atoms with Gasteiger partial charge in [-0.15, -0.1) is 0 Å². The zero-order valence-corrected chi connectivity index (χ0v) is 12.1. The molecule has 0 aliphatic rings. The topological polar surface area (TPSA) is 0 Å². The van der Waals surface area contributed by atoms with Crippen LogP contribution in [0.1, 0.15) is 2.85 Å². The van der Waals surface area contributed by atoms with E-state index in [-0.39, 0.29) is 150 Å². The van der Waals surface area contributed by atoms with E-state index in [1.165, 1.54) is 0 Å². The normalized spacial score (nSPS) is 0. The Morgan fingerprint density at radius 2 is 0.556 bits per heavy atom. The van der Waals surface area contributed by atoms with Gasteiger partial charge in [0.1, 0.15) is 0 Å². The second-order valence-electron chi connectivity index (χ2n) is 0. The summed E-state index contributed by atoms with van der Waals surface area (Å²) in [6.07, 6.45) is 0. The van der Waals surface area contributed by atoms with Crippen LogP contribution in [0.25, 0.3) is 0 Å². The van der Waals surface area contributed by atoms with Crippen LogP contribution < -0.4 is 37.7 Å². The van der Waals surface area contributed by atoms with Crippen molar-refractivity contribution in [2.24, 2.45) is 0 Å². The smallest absolute Gasteiger partial charge is 2.00 e. The maximum Gasteiger partial charge on any atom is 3.00 e. The molecule has 0 aromatic heterocycles. The molecule has 0 bridgehead atoms. The van der Waals surface area contributed by atoms with E-state index in [1.54, 1.807) is 0 Å². The molecule has 0 atom stereocenters. The van der Waals surface area contributed by atoms with Crippen LogP contribution in [0, 0.1) is 0 Å². The molecule has 0 rings (SSSR count). The molecule has 0 fully saturated rings. The van der Waals surface area contributed by atoms with Crippen molar-refractivity contribution in [1.82, 2.24) is 0 Å². The first-order chi connectivity index (χ1) is 0. The van der Waals surface area contributed by atoms with E-state index in [9.17, 15) is 0 Å². The zero-order valence-electron chi connectivity index (χ0n) is 7.09. The van der Waals surface area contributed by atoms with Crippen molar-refractivity contribution in [2.75, 3.05) is 0 Å². The van der Waals surface area contributed by atoms with Crippen LogP contribution in [-0.4, -0.2) is 34.7 Å². The first-order valence-corrected chi connectivity index (χ1v) is 0. The molecule has 0 spiro atoms. The van der Waals surface area contributed by atoms with E-state index in [4.69, 9.17) is 0 Å². The van der Waals surface area contributed by atoms with Gasteiger partial charge in [0.2, 0.25) is 0 Å². The summed E-state index contributed by atoms with van der Waals surface area (Å²) in [4.78, 5) is 0. The van der Waals surface area contributed by atoms with Gasteiger partial charge in [0, 0.05) is 34.7 Å².